The van der Waals surface area contributed by atoms with Crippen molar-refractivity contribution in [2.75, 3.05) is 0 Å². The summed E-state index contributed by atoms with van der Waals surface area (Å²) in [5.74, 6) is -0.377. The molecule has 0 atom stereocenters. The Morgan fingerprint density at radius 3 is 2.68 bits per heavy atom. The van der Waals surface area contributed by atoms with Gasteiger partial charge in [-0.1, -0.05) is 29.8 Å². The Hall–Kier alpha value is -2.29. The highest BCUT2D eigenvalue weighted by Crippen LogP contribution is 2.15. The molecule has 0 amide bonds. The van der Waals surface area contributed by atoms with Gasteiger partial charge >= 0.3 is 5.97 Å². The number of hydrogen-bond acceptors (Lipinski definition) is 3. The topological polar surface area (TPSA) is 46.5 Å². The van der Waals surface area contributed by atoms with Crippen LogP contribution in [0.4, 0.5) is 0 Å². The van der Waals surface area contributed by atoms with Crippen molar-refractivity contribution in [3.8, 4) is 5.75 Å². The molecule has 0 radical (unpaired) electrons. The first-order chi connectivity index (χ1) is 9.06. The van der Waals surface area contributed by atoms with Gasteiger partial charge in [0, 0.05) is 0 Å². The summed E-state index contributed by atoms with van der Waals surface area (Å²) in [5, 5.41) is 9.32. The van der Waals surface area contributed by atoms with Crippen molar-refractivity contribution in [1.82, 2.24) is 0 Å². The van der Waals surface area contributed by atoms with E-state index in [9.17, 15) is 9.90 Å². The second-order valence-corrected chi connectivity index (χ2v) is 4.56. The monoisotopic (exact) mass is 256 g/mol. The Bertz CT molecular complexity index is 603. The Morgan fingerprint density at radius 2 is 1.95 bits per heavy atom. The number of phenolic OH excluding ortho intramolecular Hbond substituents is 1. The van der Waals surface area contributed by atoms with E-state index in [1.165, 1.54) is 12.1 Å². The third-order valence-electron chi connectivity index (χ3n) is 2.95. The van der Waals surface area contributed by atoms with Gasteiger partial charge in [-0.25, -0.2) is 4.79 Å². The molecule has 0 fully saturated rings. The minimum Gasteiger partial charge on any atom is -0.508 e. The average molecular weight is 256 g/mol. The van der Waals surface area contributed by atoms with Crippen molar-refractivity contribution >= 4 is 5.97 Å². The van der Waals surface area contributed by atoms with E-state index in [0.717, 1.165) is 16.7 Å². The van der Waals surface area contributed by atoms with Crippen LogP contribution in [0.25, 0.3) is 0 Å². The summed E-state index contributed by atoms with van der Waals surface area (Å²) in [7, 11) is 0. The zero-order valence-electron chi connectivity index (χ0n) is 11.0. The normalized spacial score (nSPS) is 10.2. The predicted molar refractivity (Wildman–Crippen MR) is 73.1 cm³/mol. The molecule has 0 bridgehead atoms. The zero-order chi connectivity index (χ0) is 13.8. The summed E-state index contributed by atoms with van der Waals surface area (Å²) in [4.78, 5) is 11.8. The molecule has 3 nitrogen and oxygen atoms in total. The van der Waals surface area contributed by atoms with Crippen LogP contribution in [-0.4, -0.2) is 11.1 Å². The van der Waals surface area contributed by atoms with Gasteiger partial charge in [-0.2, -0.15) is 0 Å². The van der Waals surface area contributed by atoms with Crippen LogP contribution in [0.2, 0.25) is 0 Å². The number of aryl methyl sites for hydroxylation is 2. The highest BCUT2D eigenvalue weighted by molar-refractivity contribution is 5.89. The van der Waals surface area contributed by atoms with E-state index in [0.29, 0.717) is 5.56 Å². The molecule has 0 unspecified atom stereocenters. The Balaban J connectivity index is 2.06. The summed E-state index contributed by atoms with van der Waals surface area (Å²) < 4.78 is 5.25. The molecule has 0 saturated heterocycles. The Kier molecular flexibility index (Phi) is 3.85. The van der Waals surface area contributed by atoms with Gasteiger partial charge in [-0.3, -0.25) is 0 Å². The van der Waals surface area contributed by atoms with E-state index in [4.69, 9.17) is 4.74 Å². The molecule has 0 spiro atoms. The highest BCUT2D eigenvalue weighted by Gasteiger charge is 2.09. The van der Waals surface area contributed by atoms with Crippen LogP contribution in [0, 0.1) is 13.8 Å². The lowest BCUT2D eigenvalue weighted by Crippen LogP contribution is -2.06. The maximum absolute atomic E-state index is 11.8. The molecular weight excluding hydrogens is 240 g/mol. The number of carbonyl (C=O) groups excluding carboxylic acids is 1. The van der Waals surface area contributed by atoms with E-state index >= 15 is 0 Å². The van der Waals surface area contributed by atoms with Crippen LogP contribution >= 0.6 is 0 Å². The maximum atomic E-state index is 11.8. The van der Waals surface area contributed by atoms with Gasteiger partial charge < -0.3 is 9.84 Å². The van der Waals surface area contributed by atoms with Crippen LogP contribution in [0.3, 0.4) is 0 Å². The molecule has 0 aliphatic carbocycles. The van der Waals surface area contributed by atoms with Crippen LogP contribution in [-0.2, 0) is 11.3 Å². The molecule has 2 aromatic rings. The molecule has 0 aromatic heterocycles. The van der Waals surface area contributed by atoms with Crippen molar-refractivity contribution in [1.29, 1.82) is 0 Å². The SMILES string of the molecule is Cc1ccc(C)c(COC(=O)c2cccc(O)c2)c1. The second-order valence-electron chi connectivity index (χ2n) is 4.56. The fourth-order valence-corrected chi connectivity index (χ4v) is 1.82. The summed E-state index contributed by atoms with van der Waals surface area (Å²) >= 11 is 0. The number of carbonyl (C=O) groups is 1. The molecule has 19 heavy (non-hydrogen) atoms. The molecule has 3 heteroatoms. The van der Waals surface area contributed by atoms with Crippen LogP contribution in [0.1, 0.15) is 27.0 Å². The lowest BCUT2D eigenvalue weighted by atomic mass is 10.1. The van der Waals surface area contributed by atoms with Crippen LogP contribution in [0.15, 0.2) is 42.5 Å². The van der Waals surface area contributed by atoms with Crippen molar-refractivity contribution in [3.63, 3.8) is 0 Å². The molecular formula is C16H16O3. The molecule has 98 valence electrons. The number of benzene rings is 2. The molecule has 2 rings (SSSR count). The van der Waals surface area contributed by atoms with Crippen molar-refractivity contribution in [2.24, 2.45) is 0 Å². The number of aromatic hydroxyl groups is 1. The van der Waals surface area contributed by atoms with E-state index in [-0.39, 0.29) is 12.4 Å². The molecule has 0 aliphatic heterocycles. The summed E-state index contributed by atoms with van der Waals surface area (Å²) in [6, 6.07) is 12.2. The zero-order valence-corrected chi connectivity index (χ0v) is 11.0. The number of rotatable bonds is 3. The van der Waals surface area contributed by atoms with Gasteiger partial charge in [0.05, 0.1) is 5.56 Å². The average Bonchev–Trinajstić information content (AvgIpc) is 2.39. The molecule has 0 saturated carbocycles. The summed E-state index contributed by atoms with van der Waals surface area (Å²) in [6.07, 6.45) is 0. The molecule has 0 aliphatic rings. The molecule has 2 aromatic carbocycles. The van der Waals surface area contributed by atoms with Gasteiger partial charge in [0.1, 0.15) is 12.4 Å². The maximum Gasteiger partial charge on any atom is 0.338 e. The smallest absolute Gasteiger partial charge is 0.338 e. The lowest BCUT2D eigenvalue weighted by molar-refractivity contribution is 0.0471. The van der Waals surface area contributed by atoms with E-state index in [1.54, 1.807) is 12.1 Å². The first-order valence-corrected chi connectivity index (χ1v) is 6.08. The standard InChI is InChI=1S/C16H16O3/c1-11-6-7-12(2)14(8-11)10-19-16(18)13-4-3-5-15(17)9-13/h3-9,17H,10H2,1-2H3. The predicted octanol–water partition coefficient (Wildman–Crippen LogP) is 3.37. The van der Waals surface area contributed by atoms with Gasteiger partial charge in [-0.15, -0.1) is 0 Å². The van der Waals surface area contributed by atoms with Crippen molar-refractivity contribution in [2.45, 2.75) is 20.5 Å². The van der Waals surface area contributed by atoms with Crippen LogP contribution < -0.4 is 0 Å². The number of esters is 1. The molecule has 1 N–H and O–H groups in total. The highest BCUT2D eigenvalue weighted by atomic mass is 16.5. The minimum absolute atomic E-state index is 0.0567. The first kappa shape index (κ1) is 13.1. The fraction of sp³-hybridized carbons (Fsp3) is 0.188. The van der Waals surface area contributed by atoms with Crippen molar-refractivity contribution in [3.05, 3.63) is 64.7 Å². The van der Waals surface area contributed by atoms with Gasteiger partial charge in [0.2, 0.25) is 0 Å². The largest absolute Gasteiger partial charge is 0.508 e. The second kappa shape index (κ2) is 5.57. The fourth-order valence-electron chi connectivity index (χ4n) is 1.82. The van der Waals surface area contributed by atoms with Gasteiger partial charge in [-0.05, 0) is 43.2 Å². The summed E-state index contributed by atoms with van der Waals surface area (Å²) in [6.45, 7) is 4.22. The quantitative estimate of drug-likeness (QED) is 0.856. The van der Waals surface area contributed by atoms with Gasteiger partial charge in [0.25, 0.3) is 0 Å². The minimum atomic E-state index is -0.434. The van der Waals surface area contributed by atoms with E-state index in [1.807, 2.05) is 32.0 Å². The Morgan fingerprint density at radius 1 is 1.16 bits per heavy atom. The lowest BCUT2D eigenvalue weighted by Gasteiger charge is -2.08. The van der Waals surface area contributed by atoms with Crippen molar-refractivity contribution < 1.29 is 14.6 Å². The van der Waals surface area contributed by atoms with Gasteiger partial charge in [0.15, 0.2) is 0 Å². The third kappa shape index (κ3) is 3.35. The van der Waals surface area contributed by atoms with E-state index in [2.05, 4.69) is 0 Å². The number of ether oxygens (including phenoxy) is 1. The number of phenols is 1. The first-order valence-electron chi connectivity index (χ1n) is 6.08. The Labute approximate surface area is 112 Å². The van der Waals surface area contributed by atoms with E-state index < -0.39 is 5.97 Å². The molecule has 0 heterocycles. The number of hydrogen-bond donors (Lipinski definition) is 1. The third-order valence-corrected chi connectivity index (χ3v) is 2.95. The summed E-state index contributed by atoms with van der Waals surface area (Å²) in [5.41, 5.74) is 3.57. The van der Waals surface area contributed by atoms with Crippen LogP contribution in [0.5, 0.6) is 5.75 Å².